The van der Waals surface area contributed by atoms with Gasteiger partial charge in [0.1, 0.15) is 11.5 Å². The number of nitrogens with one attached hydrogen (secondary N) is 1. The van der Waals surface area contributed by atoms with Crippen molar-refractivity contribution < 1.29 is 17.9 Å². The number of amides is 1. The molecule has 0 saturated carbocycles. The summed E-state index contributed by atoms with van der Waals surface area (Å²) in [4.78, 5) is 12.1. The maximum Gasteiger partial charge on any atom is 0.251 e. The summed E-state index contributed by atoms with van der Waals surface area (Å²) in [6, 6.07) is 16.3. The molecule has 0 aliphatic rings. The van der Waals surface area contributed by atoms with E-state index in [1.165, 1.54) is 10.6 Å². The first kappa shape index (κ1) is 19.9. The van der Waals surface area contributed by atoms with Gasteiger partial charge in [-0.15, -0.1) is 0 Å². The number of carbonyl (C=O) groups excluding carboxylic acids is 1. The highest BCUT2D eigenvalue weighted by molar-refractivity contribution is 7.88. The fourth-order valence-corrected chi connectivity index (χ4v) is 3.35. The summed E-state index contributed by atoms with van der Waals surface area (Å²) in [5.74, 6) is 1.19. The van der Waals surface area contributed by atoms with Gasteiger partial charge in [-0.25, -0.2) is 12.7 Å². The first-order valence-corrected chi connectivity index (χ1v) is 10.3. The fraction of sp³-hybridized carbons (Fsp3) is 0.316. The van der Waals surface area contributed by atoms with Gasteiger partial charge in [-0.05, 0) is 42.8 Å². The average Bonchev–Trinajstić information content (AvgIpc) is 2.62. The lowest BCUT2D eigenvalue weighted by molar-refractivity contribution is 0.0953. The van der Waals surface area contributed by atoms with Crippen LogP contribution in [-0.4, -0.2) is 44.5 Å². The van der Waals surface area contributed by atoms with Gasteiger partial charge in [0.25, 0.3) is 5.91 Å². The number of para-hydroxylation sites is 1. The highest BCUT2D eigenvalue weighted by Crippen LogP contribution is 2.21. The van der Waals surface area contributed by atoms with Crippen molar-refractivity contribution in [3.8, 4) is 11.5 Å². The number of benzene rings is 2. The van der Waals surface area contributed by atoms with Crippen LogP contribution in [0.2, 0.25) is 0 Å². The van der Waals surface area contributed by atoms with Crippen molar-refractivity contribution in [2.24, 2.45) is 0 Å². The van der Waals surface area contributed by atoms with Crippen LogP contribution in [-0.2, 0) is 10.0 Å². The molecule has 1 amide bonds. The molecular formula is C19H24N2O4S. The Balaban J connectivity index is 1.81. The lowest BCUT2D eigenvalue weighted by Gasteiger charge is -2.17. The molecule has 2 rings (SSSR count). The van der Waals surface area contributed by atoms with Crippen LogP contribution in [0.25, 0.3) is 0 Å². The van der Waals surface area contributed by atoms with Crippen molar-refractivity contribution in [2.45, 2.75) is 13.3 Å². The van der Waals surface area contributed by atoms with Gasteiger partial charge in [0.15, 0.2) is 0 Å². The largest absolute Gasteiger partial charge is 0.457 e. The third-order valence-electron chi connectivity index (χ3n) is 3.79. The zero-order valence-corrected chi connectivity index (χ0v) is 15.8. The van der Waals surface area contributed by atoms with Crippen molar-refractivity contribution >= 4 is 15.9 Å². The molecule has 0 aliphatic carbocycles. The molecule has 0 unspecified atom stereocenters. The molecular weight excluding hydrogens is 352 g/mol. The zero-order chi connectivity index (χ0) is 19.0. The smallest absolute Gasteiger partial charge is 0.251 e. The first-order valence-electron chi connectivity index (χ1n) is 8.46. The molecule has 0 spiro atoms. The van der Waals surface area contributed by atoms with E-state index in [2.05, 4.69) is 5.32 Å². The molecule has 0 fully saturated rings. The summed E-state index contributed by atoms with van der Waals surface area (Å²) in [7, 11) is -3.19. The molecule has 6 nitrogen and oxygen atoms in total. The van der Waals surface area contributed by atoms with Crippen LogP contribution in [0.3, 0.4) is 0 Å². The van der Waals surface area contributed by atoms with E-state index in [1.54, 1.807) is 31.2 Å². The Kier molecular flexibility index (Phi) is 7.17. The van der Waals surface area contributed by atoms with Crippen LogP contribution in [0, 0.1) is 0 Å². The van der Waals surface area contributed by atoms with Gasteiger partial charge in [0, 0.05) is 25.2 Å². The topological polar surface area (TPSA) is 75.7 Å². The Bertz CT molecular complexity index is 805. The van der Waals surface area contributed by atoms with Crippen LogP contribution in [0.1, 0.15) is 23.7 Å². The summed E-state index contributed by atoms with van der Waals surface area (Å²) in [5.41, 5.74) is 0.529. The Morgan fingerprint density at radius 3 is 2.23 bits per heavy atom. The molecule has 7 heteroatoms. The van der Waals surface area contributed by atoms with E-state index in [4.69, 9.17) is 4.74 Å². The van der Waals surface area contributed by atoms with Gasteiger partial charge < -0.3 is 10.1 Å². The van der Waals surface area contributed by atoms with Crippen molar-refractivity contribution in [1.82, 2.24) is 9.62 Å². The van der Waals surface area contributed by atoms with Crippen LogP contribution >= 0.6 is 0 Å². The Morgan fingerprint density at radius 2 is 1.65 bits per heavy atom. The molecule has 0 atom stereocenters. The number of rotatable bonds is 9. The minimum Gasteiger partial charge on any atom is -0.457 e. The van der Waals surface area contributed by atoms with Gasteiger partial charge >= 0.3 is 0 Å². The van der Waals surface area contributed by atoms with Crippen molar-refractivity contribution in [3.63, 3.8) is 0 Å². The normalized spacial score (nSPS) is 11.3. The molecule has 0 bridgehead atoms. The number of hydrogen-bond donors (Lipinski definition) is 1. The molecule has 0 radical (unpaired) electrons. The van der Waals surface area contributed by atoms with E-state index in [1.807, 2.05) is 30.3 Å². The Hall–Kier alpha value is -2.38. The van der Waals surface area contributed by atoms with E-state index in [0.717, 1.165) is 5.75 Å². The molecule has 0 heterocycles. The van der Waals surface area contributed by atoms with E-state index >= 15 is 0 Å². The second-order valence-corrected chi connectivity index (χ2v) is 7.79. The van der Waals surface area contributed by atoms with Crippen LogP contribution in [0.4, 0.5) is 0 Å². The first-order chi connectivity index (χ1) is 12.4. The summed E-state index contributed by atoms with van der Waals surface area (Å²) in [6.45, 7) is 3.01. The SMILES string of the molecule is CCN(CCCNC(=O)c1ccc(Oc2ccccc2)cc1)S(C)(=O)=O. The molecule has 2 aromatic carbocycles. The third kappa shape index (κ3) is 6.16. The second-order valence-electron chi connectivity index (χ2n) is 5.80. The maximum atomic E-state index is 12.1. The Labute approximate surface area is 154 Å². The molecule has 0 saturated heterocycles. The van der Waals surface area contributed by atoms with Crippen LogP contribution in [0.5, 0.6) is 11.5 Å². The molecule has 1 N–H and O–H groups in total. The number of sulfonamides is 1. The number of ether oxygens (including phenoxy) is 1. The van der Waals surface area contributed by atoms with E-state index < -0.39 is 10.0 Å². The van der Waals surface area contributed by atoms with Gasteiger partial charge in [0.05, 0.1) is 6.26 Å². The predicted octanol–water partition coefficient (Wildman–Crippen LogP) is 2.88. The standard InChI is InChI=1S/C19H24N2O4S/c1-3-21(26(2,23)24)15-7-14-20-19(22)16-10-12-18(13-11-16)25-17-8-5-4-6-9-17/h4-6,8-13H,3,7,14-15H2,1-2H3,(H,20,22). The minimum absolute atomic E-state index is 0.196. The number of hydrogen-bond acceptors (Lipinski definition) is 4. The van der Waals surface area contributed by atoms with Crippen LogP contribution < -0.4 is 10.1 Å². The lowest BCUT2D eigenvalue weighted by atomic mass is 10.2. The molecule has 0 aliphatic heterocycles. The molecule has 2 aromatic rings. The van der Waals surface area contributed by atoms with Gasteiger partial charge in [-0.1, -0.05) is 25.1 Å². The molecule has 26 heavy (non-hydrogen) atoms. The summed E-state index contributed by atoms with van der Waals surface area (Å²) in [5, 5.41) is 2.80. The highest BCUT2D eigenvalue weighted by Gasteiger charge is 2.13. The lowest BCUT2D eigenvalue weighted by Crippen LogP contribution is -2.33. The van der Waals surface area contributed by atoms with Crippen molar-refractivity contribution in [2.75, 3.05) is 25.9 Å². The maximum absolute atomic E-state index is 12.1. The van der Waals surface area contributed by atoms with Gasteiger partial charge in [-0.2, -0.15) is 0 Å². The van der Waals surface area contributed by atoms with Crippen LogP contribution in [0.15, 0.2) is 54.6 Å². The average molecular weight is 376 g/mol. The zero-order valence-electron chi connectivity index (χ0n) is 15.0. The highest BCUT2D eigenvalue weighted by atomic mass is 32.2. The van der Waals surface area contributed by atoms with E-state index in [9.17, 15) is 13.2 Å². The van der Waals surface area contributed by atoms with Gasteiger partial charge in [0.2, 0.25) is 10.0 Å². The fourth-order valence-electron chi connectivity index (χ4n) is 2.42. The second kappa shape index (κ2) is 9.35. The molecule has 140 valence electrons. The minimum atomic E-state index is -3.19. The third-order valence-corrected chi connectivity index (χ3v) is 5.17. The van der Waals surface area contributed by atoms with E-state index in [-0.39, 0.29) is 5.91 Å². The number of carbonyl (C=O) groups is 1. The number of nitrogens with zero attached hydrogens (tertiary/aromatic N) is 1. The molecule has 0 aromatic heterocycles. The summed E-state index contributed by atoms with van der Waals surface area (Å²) >= 11 is 0. The monoisotopic (exact) mass is 376 g/mol. The van der Waals surface area contributed by atoms with Gasteiger partial charge in [-0.3, -0.25) is 4.79 Å². The van der Waals surface area contributed by atoms with E-state index in [0.29, 0.717) is 37.4 Å². The summed E-state index contributed by atoms with van der Waals surface area (Å²) < 4.78 is 30.1. The quantitative estimate of drug-likeness (QED) is 0.683. The van der Waals surface area contributed by atoms with Crippen molar-refractivity contribution in [1.29, 1.82) is 0 Å². The summed E-state index contributed by atoms with van der Waals surface area (Å²) in [6.07, 6.45) is 1.75. The Morgan fingerprint density at radius 1 is 1.04 bits per heavy atom. The predicted molar refractivity (Wildman–Crippen MR) is 102 cm³/mol. The van der Waals surface area contributed by atoms with Crippen molar-refractivity contribution in [3.05, 3.63) is 60.2 Å².